The van der Waals surface area contributed by atoms with Crippen molar-refractivity contribution in [1.82, 2.24) is 14.7 Å². The molecule has 0 saturated carbocycles. The van der Waals surface area contributed by atoms with Crippen LogP contribution in [0.5, 0.6) is 0 Å². The molecule has 2 aliphatic rings. The lowest BCUT2D eigenvalue weighted by Crippen LogP contribution is -2.59. The van der Waals surface area contributed by atoms with E-state index in [0.29, 0.717) is 12.8 Å². The van der Waals surface area contributed by atoms with E-state index in [0.717, 1.165) is 35.7 Å². The van der Waals surface area contributed by atoms with Gasteiger partial charge in [0, 0.05) is 43.6 Å². The average molecular weight is 371 g/mol. The zero-order chi connectivity index (χ0) is 19.4. The van der Waals surface area contributed by atoms with E-state index in [2.05, 4.69) is 5.10 Å². The molecule has 6 heteroatoms. The predicted molar refractivity (Wildman–Crippen MR) is 103 cm³/mol. The minimum absolute atomic E-state index is 0.0109. The monoisotopic (exact) mass is 371 g/mol. The van der Waals surface area contributed by atoms with Crippen LogP contribution in [-0.2, 0) is 17.4 Å². The van der Waals surface area contributed by atoms with Crippen molar-refractivity contribution in [3.05, 3.63) is 30.0 Å². The fourth-order valence-corrected chi connectivity index (χ4v) is 4.71. The first-order valence-electron chi connectivity index (χ1n) is 9.82. The zero-order valence-corrected chi connectivity index (χ0v) is 16.6. The summed E-state index contributed by atoms with van der Waals surface area (Å²) in [6.45, 7) is 5.68. The topological polar surface area (TPSA) is 67.6 Å². The number of fused-ring (bicyclic) bond motifs is 3. The molecule has 1 aromatic heterocycles. The fraction of sp³-hybridized carbons (Fsp3) is 0.619. The van der Waals surface area contributed by atoms with E-state index in [9.17, 15) is 9.90 Å². The van der Waals surface area contributed by atoms with Crippen LogP contribution in [0.1, 0.15) is 58.4 Å². The maximum absolute atomic E-state index is 12.8. The van der Waals surface area contributed by atoms with E-state index in [-0.39, 0.29) is 18.2 Å². The molecule has 2 fully saturated rings. The van der Waals surface area contributed by atoms with Crippen LogP contribution in [0.25, 0.3) is 10.9 Å². The van der Waals surface area contributed by atoms with Gasteiger partial charge in [-0.1, -0.05) is 12.1 Å². The number of aryl methyl sites for hydroxylation is 1. The van der Waals surface area contributed by atoms with Gasteiger partial charge >= 0.3 is 6.09 Å². The van der Waals surface area contributed by atoms with Gasteiger partial charge in [-0.05, 0) is 51.7 Å². The first kappa shape index (κ1) is 18.3. The third kappa shape index (κ3) is 3.43. The molecule has 0 aliphatic carbocycles. The minimum Gasteiger partial charge on any atom is -0.444 e. The summed E-state index contributed by atoms with van der Waals surface area (Å²) in [5.74, 6) is 0. The molecule has 2 unspecified atom stereocenters. The van der Waals surface area contributed by atoms with Crippen LogP contribution in [0.2, 0.25) is 0 Å². The van der Waals surface area contributed by atoms with Gasteiger partial charge in [-0.3, -0.25) is 4.68 Å². The normalized spacial score (nSPS) is 28.4. The number of carbonyl (C=O) groups excluding carboxylic acids is 1. The molecule has 27 heavy (non-hydrogen) atoms. The second-order valence-electron chi connectivity index (χ2n) is 9.14. The number of hydrogen-bond donors (Lipinski definition) is 1. The summed E-state index contributed by atoms with van der Waals surface area (Å²) in [6.07, 6.45) is 5.71. The number of aliphatic hydroxyl groups is 1. The van der Waals surface area contributed by atoms with Gasteiger partial charge in [-0.15, -0.1) is 0 Å². The molecule has 1 amide bonds. The molecule has 3 heterocycles. The first-order valence-corrected chi connectivity index (χ1v) is 9.82. The molecular weight excluding hydrogens is 342 g/mol. The maximum atomic E-state index is 12.8. The van der Waals surface area contributed by atoms with Crippen molar-refractivity contribution in [3.8, 4) is 0 Å². The second kappa shape index (κ2) is 6.23. The van der Waals surface area contributed by atoms with Crippen molar-refractivity contribution in [1.29, 1.82) is 0 Å². The maximum Gasteiger partial charge on any atom is 0.410 e. The van der Waals surface area contributed by atoms with Gasteiger partial charge in [0.05, 0.1) is 11.1 Å². The molecule has 4 rings (SSSR count). The standard InChI is InChI=1S/C21H29N3O3/c1-20(2,3)27-19(25)24-16-6-5-7-17(24)12-21(26,11-16)15-9-8-14-13-23(4)22-18(14)10-15/h8-10,13,16-17,26H,5-7,11-12H2,1-4H3. The highest BCUT2D eigenvalue weighted by Crippen LogP contribution is 2.45. The van der Waals surface area contributed by atoms with Crippen LogP contribution in [0.3, 0.4) is 0 Å². The number of nitrogens with zero attached hydrogens (tertiary/aromatic N) is 3. The largest absolute Gasteiger partial charge is 0.444 e. The Balaban J connectivity index is 1.62. The summed E-state index contributed by atoms with van der Waals surface area (Å²) in [5, 5.41) is 17.1. The molecule has 146 valence electrons. The summed E-state index contributed by atoms with van der Waals surface area (Å²) < 4.78 is 7.43. The first-order chi connectivity index (χ1) is 12.6. The van der Waals surface area contributed by atoms with Crippen LogP contribution in [0.4, 0.5) is 4.79 Å². The minimum atomic E-state index is -0.931. The summed E-state index contributed by atoms with van der Waals surface area (Å²) in [6, 6.07) is 6.04. The van der Waals surface area contributed by atoms with Crippen LogP contribution >= 0.6 is 0 Å². The summed E-state index contributed by atoms with van der Waals surface area (Å²) in [5.41, 5.74) is 0.348. The Morgan fingerprint density at radius 2 is 1.93 bits per heavy atom. The van der Waals surface area contributed by atoms with Crippen molar-refractivity contribution >= 4 is 17.0 Å². The number of carbonyl (C=O) groups is 1. The van der Waals surface area contributed by atoms with Gasteiger partial charge in [0.25, 0.3) is 0 Å². The van der Waals surface area contributed by atoms with E-state index in [1.165, 1.54) is 0 Å². The van der Waals surface area contributed by atoms with Crippen molar-refractivity contribution in [2.45, 2.75) is 76.2 Å². The van der Waals surface area contributed by atoms with Crippen molar-refractivity contribution < 1.29 is 14.6 Å². The summed E-state index contributed by atoms with van der Waals surface area (Å²) in [7, 11) is 1.90. The number of rotatable bonds is 1. The second-order valence-corrected chi connectivity index (χ2v) is 9.14. The molecule has 1 aromatic carbocycles. The Kier molecular flexibility index (Phi) is 4.22. The van der Waals surface area contributed by atoms with Crippen molar-refractivity contribution in [3.63, 3.8) is 0 Å². The number of hydrogen-bond acceptors (Lipinski definition) is 4. The van der Waals surface area contributed by atoms with Crippen LogP contribution in [-0.4, -0.2) is 43.6 Å². The van der Waals surface area contributed by atoms with Crippen molar-refractivity contribution in [2.75, 3.05) is 0 Å². The van der Waals surface area contributed by atoms with Crippen LogP contribution < -0.4 is 0 Å². The van der Waals surface area contributed by atoms with Crippen LogP contribution in [0, 0.1) is 0 Å². The number of ether oxygens (including phenoxy) is 1. The lowest BCUT2D eigenvalue weighted by molar-refractivity contribution is -0.0964. The average Bonchev–Trinajstić information content (AvgIpc) is 2.91. The van der Waals surface area contributed by atoms with E-state index >= 15 is 0 Å². The highest BCUT2D eigenvalue weighted by Gasteiger charge is 2.49. The smallest absolute Gasteiger partial charge is 0.410 e. The highest BCUT2D eigenvalue weighted by molar-refractivity contribution is 5.79. The number of piperidine rings is 2. The Morgan fingerprint density at radius 1 is 1.26 bits per heavy atom. The molecule has 6 nitrogen and oxygen atoms in total. The molecular formula is C21H29N3O3. The Hall–Kier alpha value is -2.08. The van der Waals surface area contributed by atoms with E-state index < -0.39 is 11.2 Å². The van der Waals surface area contributed by atoms with E-state index in [4.69, 9.17) is 4.74 Å². The fourth-order valence-electron chi connectivity index (χ4n) is 4.71. The molecule has 2 aliphatic heterocycles. The predicted octanol–water partition coefficient (Wildman–Crippen LogP) is 3.71. The lowest BCUT2D eigenvalue weighted by Gasteiger charge is -2.51. The summed E-state index contributed by atoms with van der Waals surface area (Å²) >= 11 is 0. The van der Waals surface area contributed by atoms with E-state index in [1.54, 1.807) is 4.68 Å². The lowest BCUT2D eigenvalue weighted by atomic mass is 9.72. The molecule has 2 atom stereocenters. The zero-order valence-electron chi connectivity index (χ0n) is 16.6. The van der Waals surface area contributed by atoms with Gasteiger partial charge in [-0.2, -0.15) is 5.10 Å². The van der Waals surface area contributed by atoms with Gasteiger partial charge in [0.1, 0.15) is 5.60 Å². The Morgan fingerprint density at radius 3 is 2.56 bits per heavy atom. The SMILES string of the molecule is Cn1cc2ccc(C3(O)CC4CCCC(C3)N4C(=O)OC(C)(C)C)cc2n1. The third-order valence-corrected chi connectivity index (χ3v) is 5.77. The number of aromatic nitrogens is 2. The Labute approximate surface area is 160 Å². The number of amides is 1. The highest BCUT2D eigenvalue weighted by atomic mass is 16.6. The molecule has 2 saturated heterocycles. The molecule has 2 bridgehead atoms. The third-order valence-electron chi connectivity index (χ3n) is 5.77. The van der Waals surface area contributed by atoms with Crippen molar-refractivity contribution in [2.24, 2.45) is 7.05 Å². The molecule has 0 radical (unpaired) electrons. The Bertz CT molecular complexity index is 853. The summed E-state index contributed by atoms with van der Waals surface area (Å²) in [4.78, 5) is 14.7. The number of benzene rings is 1. The van der Waals surface area contributed by atoms with Crippen LogP contribution in [0.15, 0.2) is 24.4 Å². The molecule has 1 N–H and O–H groups in total. The molecule has 2 aromatic rings. The van der Waals surface area contributed by atoms with Gasteiger partial charge < -0.3 is 14.7 Å². The van der Waals surface area contributed by atoms with Gasteiger partial charge in [0.15, 0.2) is 0 Å². The quantitative estimate of drug-likeness (QED) is 0.830. The van der Waals surface area contributed by atoms with Gasteiger partial charge in [-0.25, -0.2) is 4.79 Å². The van der Waals surface area contributed by atoms with E-state index in [1.807, 2.05) is 57.1 Å². The molecule has 0 spiro atoms. The van der Waals surface area contributed by atoms with Gasteiger partial charge in [0.2, 0.25) is 0 Å².